The Labute approximate surface area is 100 Å². The SMILES string of the molecule is CCCCCC(C)(CN)N(C)C1CCOC1. The molecule has 0 aromatic carbocycles. The van der Waals surface area contributed by atoms with E-state index < -0.39 is 0 Å². The van der Waals surface area contributed by atoms with Crippen LogP contribution in [0.2, 0.25) is 0 Å². The Morgan fingerprint density at radius 3 is 2.69 bits per heavy atom. The molecule has 0 aromatic heterocycles. The Morgan fingerprint density at radius 2 is 2.19 bits per heavy atom. The van der Waals surface area contributed by atoms with Gasteiger partial charge in [-0.25, -0.2) is 0 Å². The molecule has 3 nitrogen and oxygen atoms in total. The number of rotatable bonds is 7. The number of nitrogens with two attached hydrogens (primary N) is 1. The van der Waals surface area contributed by atoms with Crippen molar-refractivity contribution < 1.29 is 4.74 Å². The van der Waals surface area contributed by atoms with Crippen LogP contribution in [0, 0.1) is 0 Å². The first kappa shape index (κ1) is 13.9. The quantitative estimate of drug-likeness (QED) is 0.677. The summed E-state index contributed by atoms with van der Waals surface area (Å²) in [4.78, 5) is 2.45. The summed E-state index contributed by atoms with van der Waals surface area (Å²) < 4.78 is 5.46. The minimum atomic E-state index is 0.146. The van der Waals surface area contributed by atoms with Gasteiger partial charge in [0.25, 0.3) is 0 Å². The molecule has 3 heteroatoms. The summed E-state index contributed by atoms with van der Waals surface area (Å²) in [7, 11) is 2.21. The monoisotopic (exact) mass is 228 g/mol. The van der Waals surface area contributed by atoms with E-state index in [1.807, 2.05) is 0 Å². The van der Waals surface area contributed by atoms with Crippen LogP contribution in [0.1, 0.15) is 46.0 Å². The summed E-state index contributed by atoms with van der Waals surface area (Å²) in [5.41, 5.74) is 6.12. The van der Waals surface area contributed by atoms with E-state index >= 15 is 0 Å². The maximum Gasteiger partial charge on any atom is 0.0622 e. The fourth-order valence-electron chi connectivity index (χ4n) is 2.45. The molecule has 1 fully saturated rings. The van der Waals surface area contributed by atoms with Crippen molar-refractivity contribution in [1.29, 1.82) is 0 Å². The van der Waals surface area contributed by atoms with Gasteiger partial charge in [-0.3, -0.25) is 4.90 Å². The summed E-state index contributed by atoms with van der Waals surface area (Å²) in [5.74, 6) is 0. The number of unbranched alkanes of at least 4 members (excludes halogenated alkanes) is 2. The largest absolute Gasteiger partial charge is 0.380 e. The third kappa shape index (κ3) is 3.44. The first-order valence-electron chi connectivity index (χ1n) is 6.65. The zero-order valence-corrected chi connectivity index (χ0v) is 11.2. The lowest BCUT2D eigenvalue weighted by atomic mass is 9.91. The fraction of sp³-hybridized carbons (Fsp3) is 1.00. The van der Waals surface area contributed by atoms with Crippen LogP contribution < -0.4 is 5.73 Å². The Bertz CT molecular complexity index is 192. The van der Waals surface area contributed by atoms with E-state index in [1.165, 1.54) is 25.7 Å². The number of nitrogens with zero attached hydrogens (tertiary/aromatic N) is 1. The molecule has 1 rings (SSSR count). The second-order valence-corrected chi connectivity index (χ2v) is 5.29. The smallest absolute Gasteiger partial charge is 0.0622 e. The third-order valence-electron chi connectivity index (χ3n) is 4.06. The van der Waals surface area contributed by atoms with Crippen LogP contribution >= 0.6 is 0 Å². The van der Waals surface area contributed by atoms with Gasteiger partial charge < -0.3 is 10.5 Å². The first-order valence-corrected chi connectivity index (χ1v) is 6.65. The summed E-state index contributed by atoms with van der Waals surface area (Å²) in [6.45, 7) is 7.06. The van der Waals surface area contributed by atoms with Crippen molar-refractivity contribution >= 4 is 0 Å². The van der Waals surface area contributed by atoms with Crippen molar-refractivity contribution in [2.45, 2.75) is 57.5 Å². The summed E-state index contributed by atoms with van der Waals surface area (Å²) in [5, 5.41) is 0. The van der Waals surface area contributed by atoms with Crippen LogP contribution in [0.15, 0.2) is 0 Å². The fourth-order valence-corrected chi connectivity index (χ4v) is 2.45. The summed E-state index contributed by atoms with van der Waals surface area (Å²) >= 11 is 0. The van der Waals surface area contributed by atoms with E-state index in [2.05, 4.69) is 25.8 Å². The minimum absolute atomic E-state index is 0.146. The number of likely N-dealkylation sites (N-methyl/N-ethyl adjacent to an activating group) is 1. The van der Waals surface area contributed by atoms with Gasteiger partial charge in [-0.2, -0.15) is 0 Å². The first-order chi connectivity index (χ1) is 7.64. The molecule has 1 aliphatic rings. The average Bonchev–Trinajstić information content (AvgIpc) is 2.81. The predicted octanol–water partition coefficient (Wildman–Crippen LogP) is 2.00. The lowest BCUT2D eigenvalue weighted by molar-refractivity contribution is 0.0702. The van der Waals surface area contributed by atoms with Gasteiger partial charge in [-0.15, -0.1) is 0 Å². The van der Waals surface area contributed by atoms with Crippen molar-refractivity contribution in [2.24, 2.45) is 5.73 Å². The molecule has 16 heavy (non-hydrogen) atoms. The van der Waals surface area contributed by atoms with Crippen molar-refractivity contribution in [3.8, 4) is 0 Å². The highest BCUT2D eigenvalue weighted by Crippen LogP contribution is 2.25. The molecule has 1 heterocycles. The molecule has 0 bridgehead atoms. The van der Waals surface area contributed by atoms with Crippen LogP contribution in [0.3, 0.4) is 0 Å². The van der Waals surface area contributed by atoms with E-state index in [1.54, 1.807) is 0 Å². The van der Waals surface area contributed by atoms with Crippen LogP contribution in [0.5, 0.6) is 0 Å². The van der Waals surface area contributed by atoms with Gasteiger partial charge in [0.05, 0.1) is 6.61 Å². The van der Waals surface area contributed by atoms with Crippen molar-refractivity contribution in [1.82, 2.24) is 4.90 Å². The van der Waals surface area contributed by atoms with E-state index in [9.17, 15) is 0 Å². The molecule has 0 amide bonds. The molecule has 96 valence electrons. The van der Waals surface area contributed by atoms with Gasteiger partial charge in [0.1, 0.15) is 0 Å². The van der Waals surface area contributed by atoms with Crippen LogP contribution in [0.25, 0.3) is 0 Å². The average molecular weight is 228 g/mol. The normalized spacial score (nSPS) is 24.9. The van der Waals surface area contributed by atoms with Crippen LogP contribution in [-0.4, -0.2) is 43.3 Å². The maximum absolute atomic E-state index is 5.98. The van der Waals surface area contributed by atoms with Crippen LogP contribution in [0.4, 0.5) is 0 Å². The molecule has 0 spiro atoms. The highest BCUT2D eigenvalue weighted by atomic mass is 16.5. The van der Waals surface area contributed by atoms with Crippen molar-refractivity contribution in [3.05, 3.63) is 0 Å². The molecule has 0 radical (unpaired) electrons. The number of hydrogen-bond donors (Lipinski definition) is 1. The lowest BCUT2D eigenvalue weighted by Crippen LogP contribution is -2.54. The topological polar surface area (TPSA) is 38.5 Å². The standard InChI is InChI=1S/C13H28N2O/c1-4-5-6-8-13(2,11-14)15(3)12-7-9-16-10-12/h12H,4-11,14H2,1-3H3. The minimum Gasteiger partial charge on any atom is -0.380 e. The molecule has 2 unspecified atom stereocenters. The van der Waals surface area contributed by atoms with Crippen LogP contribution in [-0.2, 0) is 4.74 Å². The van der Waals surface area contributed by atoms with Crippen molar-refractivity contribution in [3.63, 3.8) is 0 Å². The lowest BCUT2D eigenvalue weighted by Gasteiger charge is -2.41. The third-order valence-corrected chi connectivity index (χ3v) is 4.06. The Kier molecular flexibility index (Phi) is 5.73. The van der Waals surface area contributed by atoms with Gasteiger partial charge in [0.2, 0.25) is 0 Å². The Morgan fingerprint density at radius 1 is 1.44 bits per heavy atom. The van der Waals surface area contributed by atoms with E-state index in [0.717, 1.165) is 26.2 Å². The molecule has 1 aliphatic heterocycles. The maximum atomic E-state index is 5.98. The van der Waals surface area contributed by atoms with Gasteiger partial charge in [-0.05, 0) is 26.8 Å². The molecule has 0 aliphatic carbocycles. The Balaban J connectivity index is 2.48. The van der Waals surface area contributed by atoms with E-state index in [-0.39, 0.29) is 5.54 Å². The summed E-state index contributed by atoms with van der Waals surface area (Å²) in [6.07, 6.45) is 6.22. The highest BCUT2D eigenvalue weighted by molar-refractivity contribution is 4.90. The molecular weight excluding hydrogens is 200 g/mol. The predicted molar refractivity (Wildman–Crippen MR) is 68.6 cm³/mol. The molecule has 2 N–H and O–H groups in total. The molecule has 1 saturated heterocycles. The molecule has 0 aromatic rings. The van der Waals surface area contributed by atoms with Gasteiger partial charge in [0.15, 0.2) is 0 Å². The van der Waals surface area contributed by atoms with Gasteiger partial charge in [0, 0.05) is 24.7 Å². The van der Waals surface area contributed by atoms with Gasteiger partial charge in [-0.1, -0.05) is 26.2 Å². The highest BCUT2D eigenvalue weighted by Gasteiger charge is 2.33. The van der Waals surface area contributed by atoms with Gasteiger partial charge >= 0.3 is 0 Å². The van der Waals surface area contributed by atoms with Crippen molar-refractivity contribution in [2.75, 3.05) is 26.8 Å². The molecular formula is C13H28N2O. The second-order valence-electron chi connectivity index (χ2n) is 5.29. The zero-order valence-electron chi connectivity index (χ0n) is 11.2. The number of ether oxygens (including phenoxy) is 1. The second kappa shape index (κ2) is 6.58. The summed E-state index contributed by atoms with van der Waals surface area (Å²) in [6, 6.07) is 0.565. The number of hydrogen-bond acceptors (Lipinski definition) is 3. The molecule has 0 saturated carbocycles. The molecule has 2 atom stereocenters. The zero-order chi connectivity index (χ0) is 12.0. The van der Waals surface area contributed by atoms with E-state index in [0.29, 0.717) is 6.04 Å². The van der Waals surface area contributed by atoms with E-state index in [4.69, 9.17) is 10.5 Å². The Hall–Kier alpha value is -0.120.